The van der Waals surface area contributed by atoms with Crippen LogP contribution < -0.4 is 0 Å². The first-order valence-electron chi connectivity index (χ1n) is 6.60. The van der Waals surface area contributed by atoms with Gasteiger partial charge in [0.25, 0.3) is 0 Å². The zero-order valence-corrected chi connectivity index (χ0v) is 13.1. The summed E-state index contributed by atoms with van der Waals surface area (Å²) in [6.45, 7) is 5.56. The van der Waals surface area contributed by atoms with Crippen LogP contribution in [-0.4, -0.2) is 26.7 Å². The van der Waals surface area contributed by atoms with Crippen molar-refractivity contribution < 1.29 is 22.2 Å². The normalized spacial score (nSPS) is 12.0. The Bertz CT molecular complexity index is 605. The van der Waals surface area contributed by atoms with Crippen molar-refractivity contribution in [3.63, 3.8) is 0 Å². The summed E-state index contributed by atoms with van der Waals surface area (Å²) >= 11 is 0. The van der Waals surface area contributed by atoms with Crippen molar-refractivity contribution in [2.45, 2.75) is 38.5 Å². The number of benzene rings is 1. The number of carbonyl (C=O) groups excluding carboxylic acids is 1. The van der Waals surface area contributed by atoms with Gasteiger partial charge < -0.3 is 4.74 Å². The lowest BCUT2D eigenvalue weighted by Gasteiger charge is -2.05. The molecule has 1 rings (SSSR count). The topological polar surface area (TPSA) is 82.0 Å². The first kappa shape index (κ1) is 17.2. The molecule has 0 spiro atoms. The molecule has 0 aromatic heterocycles. The molecular weight excluding hydrogens is 294 g/mol. The maximum absolute atomic E-state index is 11.9. The van der Waals surface area contributed by atoms with Crippen LogP contribution in [0.2, 0.25) is 0 Å². The number of nitrogens with zero attached hydrogens (tertiary/aromatic N) is 1. The highest BCUT2D eigenvalue weighted by Gasteiger charge is 2.16. The SMILES string of the molecule is CCOC(=O)C/C(CC)=N/OS(=O)(=O)c1ccc(C)cc1. The molecule has 0 saturated heterocycles. The number of carbonyl (C=O) groups is 1. The van der Waals surface area contributed by atoms with Crippen LogP contribution >= 0.6 is 0 Å². The Morgan fingerprint density at radius 3 is 2.33 bits per heavy atom. The molecule has 0 N–H and O–H groups in total. The van der Waals surface area contributed by atoms with Crippen molar-refractivity contribution in [1.82, 2.24) is 0 Å². The van der Waals surface area contributed by atoms with E-state index in [1.54, 1.807) is 26.0 Å². The van der Waals surface area contributed by atoms with Crippen LogP contribution in [0.5, 0.6) is 0 Å². The van der Waals surface area contributed by atoms with Gasteiger partial charge in [-0.2, -0.15) is 8.42 Å². The Morgan fingerprint density at radius 1 is 1.19 bits per heavy atom. The average molecular weight is 313 g/mol. The van der Waals surface area contributed by atoms with Gasteiger partial charge in [0.2, 0.25) is 0 Å². The van der Waals surface area contributed by atoms with Gasteiger partial charge in [-0.15, -0.1) is 0 Å². The number of ether oxygens (including phenoxy) is 1. The summed E-state index contributed by atoms with van der Waals surface area (Å²) < 4.78 is 33.3. The number of hydrogen-bond acceptors (Lipinski definition) is 6. The summed E-state index contributed by atoms with van der Waals surface area (Å²) in [5.41, 5.74) is 1.25. The lowest BCUT2D eigenvalue weighted by molar-refractivity contribution is -0.141. The largest absolute Gasteiger partial charge is 0.466 e. The van der Waals surface area contributed by atoms with Crippen molar-refractivity contribution in [3.8, 4) is 0 Å². The van der Waals surface area contributed by atoms with E-state index in [-0.39, 0.29) is 17.9 Å². The molecule has 0 aliphatic carbocycles. The molecule has 1 aromatic rings. The Kier molecular flexibility index (Phi) is 6.36. The molecule has 0 aliphatic rings. The van der Waals surface area contributed by atoms with Crippen LogP contribution in [0, 0.1) is 6.92 Å². The molecule has 6 nitrogen and oxygen atoms in total. The van der Waals surface area contributed by atoms with Gasteiger partial charge in [0.1, 0.15) is 4.90 Å². The third-order valence-electron chi connectivity index (χ3n) is 2.64. The number of esters is 1. The molecule has 0 aliphatic heterocycles. The van der Waals surface area contributed by atoms with Crippen molar-refractivity contribution in [2.75, 3.05) is 6.61 Å². The highest BCUT2D eigenvalue weighted by molar-refractivity contribution is 7.86. The van der Waals surface area contributed by atoms with E-state index in [1.807, 2.05) is 6.92 Å². The Hall–Kier alpha value is -1.89. The van der Waals surface area contributed by atoms with Crippen LogP contribution in [0.25, 0.3) is 0 Å². The van der Waals surface area contributed by atoms with Gasteiger partial charge in [-0.3, -0.25) is 9.08 Å². The van der Waals surface area contributed by atoms with E-state index in [1.165, 1.54) is 12.1 Å². The maximum atomic E-state index is 11.9. The quantitative estimate of drug-likeness (QED) is 0.438. The molecule has 1 aromatic carbocycles. The first-order chi connectivity index (χ1) is 9.89. The fraction of sp³-hybridized carbons (Fsp3) is 0.429. The van der Waals surface area contributed by atoms with Crippen LogP contribution in [0.3, 0.4) is 0 Å². The lowest BCUT2D eigenvalue weighted by Crippen LogP contribution is -2.12. The predicted octanol–water partition coefficient (Wildman–Crippen LogP) is 2.42. The van der Waals surface area contributed by atoms with Crippen LogP contribution in [-0.2, 0) is 23.9 Å². The van der Waals surface area contributed by atoms with E-state index in [9.17, 15) is 13.2 Å². The molecule has 7 heteroatoms. The van der Waals surface area contributed by atoms with Gasteiger partial charge >= 0.3 is 16.1 Å². The molecule has 0 unspecified atom stereocenters. The van der Waals surface area contributed by atoms with Crippen LogP contribution in [0.1, 0.15) is 32.3 Å². The van der Waals surface area contributed by atoms with E-state index in [0.717, 1.165) is 5.56 Å². The lowest BCUT2D eigenvalue weighted by atomic mass is 10.2. The zero-order valence-electron chi connectivity index (χ0n) is 12.3. The molecule has 0 bridgehead atoms. The second-order valence-electron chi connectivity index (χ2n) is 4.33. The molecule has 21 heavy (non-hydrogen) atoms. The van der Waals surface area contributed by atoms with E-state index >= 15 is 0 Å². The second kappa shape index (κ2) is 7.78. The minimum atomic E-state index is -3.97. The van der Waals surface area contributed by atoms with Gasteiger partial charge in [-0.05, 0) is 32.4 Å². The molecule has 0 radical (unpaired) electrons. The van der Waals surface area contributed by atoms with Crippen molar-refractivity contribution in [1.29, 1.82) is 0 Å². The predicted molar refractivity (Wildman–Crippen MR) is 78.4 cm³/mol. The van der Waals surface area contributed by atoms with Crippen molar-refractivity contribution >= 4 is 21.8 Å². The standard InChI is InChI=1S/C14H19NO5S/c1-4-12(10-14(16)19-5-2)15-20-21(17,18)13-8-6-11(3)7-9-13/h6-9H,4-5,10H2,1-3H3/b15-12+. The van der Waals surface area contributed by atoms with Crippen LogP contribution in [0.15, 0.2) is 34.3 Å². The molecule has 0 heterocycles. The zero-order chi connectivity index (χ0) is 15.9. The Labute approximate surface area is 124 Å². The third kappa shape index (κ3) is 5.55. The van der Waals surface area contributed by atoms with Gasteiger partial charge in [-0.1, -0.05) is 29.8 Å². The minimum Gasteiger partial charge on any atom is -0.466 e. The van der Waals surface area contributed by atoms with Crippen LogP contribution in [0.4, 0.5) is 0 Å². The summed E-state index contributed by atoms with van der Waals surface area (Å²) in [5.74, 6) is -0.463. The molecule has 0 amide bonds. The molecule has 116 valence electrons. The highest BCUT2D eigenvalue weighted by Crippen LogP contribution is 2.14. The Balaban J connectivity index is 2.80. The van der Waals surface area contributed by atoms with Crippen molar-refractivity contribution in [2.24, 2.45) is 5.16 Å². The number of aryl methyl sites for hydroxylation is 1. The Morgan fingerprint density at radius 2 is 1.81 bits per heavy atom. The fourth-order valence-corrected chi connectivity index (χ4v) is 2.21. The second-order valence-corrected chi connectivity index (χ2v) is 5.86. The monoisotopic (exact) mass is 313 g/mol. The molecule has 0 fully saturated rings. The summed E-state index contributed by atoms with van der Waals surface area (Å²) in [6.07, 6.45) is 0.302. The molecule has 0 saturated carbocycles. The summed E-state index contributed by atoms with van der Waals surface area (Å²) in [6, 6.07) is 6.22. The fourth-order valence-electron chi connectivity index (χ4n) is 1.45. The highest BCUT2D eigenvalue weighted by atomic mass is 32.2. The third-order valence-corrected chi connectivity index (χ3v) is 3.76. The van der Waals surface area contributed by atoms with E-state index in [2.05, 4.69) is 9.44 Å². The average Bonchev–Trinajstić information content (AvgIpc) is 2.44. The van der Waals surface area contributed by atoms with E-state index in [0.29, 0.717) is 12.1 Å². The van der Waals surface area contributed by atoms with Gasteiger partial charge in [0, 0.05) is 0 Å². The van der Waals surface area contributed by atoms with Crippen molar-refractivity contribution in [3.05, 3.63) is 29.8 Å². The van der Waals surface area contributed by atoms with Gasteiger partial charge in [0.05, 0.1) is 18.7 Å². The van der Waals surface area contributed by atoms with E-state index in [4.69, 9.17) is 4.74 Å². The molecule has 0 atom stereocenters. The van der Waals surface area contributed by atoms with Gasteiger partial charge in [0.15, 0.2) is 0 Å². The summed E-state index contributed by atoms with van der Waals surface area (Å²) in [5, 5.41) is 3.56. The number of hydrogen-bond donors (Lipinski definition) is 0. The minimum absolute atomic E-state index is 0.0171. The maximum Gasteiger partial charge on any atom is 0.358 e. The molecular formula is C14H19NO5S. The summed E-state index contributed by atoms with van der Waals surface area (Å²) in [4.78, 5) is 11.4. The van der Waals surface area contributed by atoms with E-state index < -0.39 is 16.1 Å². The smallest absolute Gasteiger partial charge is 0.358 e. The number of oxime groups is 1. The number of rotatable bonds is 7. The summed E-state index contributed by atoms with van der Waals surface area (Å²) in [7, 11) is -3.97. The first-order valence-corrected chi connectivity index (χ1v) is 8.01. The van der Waals surface area contributed by atoms with Gasteiger partial charge in [-0.25, -0.2) is 0 Å².